The molecule has 3 N–H and O–H groups in total. The van der Waals surface area contributed by atoms with E-state index in [9.17, 15) is 4.79 Å². The number of hydrogen-bond donors (Lipinski definition) is 2. The van der Waals surface area contributed by atoms with Gasteiger partial charge in [-0.1, -0.05) is 30.3 Å². The molecular weight excluding hydrogens is 290 g/mol. The van der Waals surface area contributed by atoms with Crippen molar-refractivity contribution >= 4 is 11.7 Å². The van der Waals surface area contributed by atoms with E-state index in [1.165, 1.54) is 5.56 Å². The molecule has 0 saturated carbocycles. The van der Waals surface area contributed by atoms with Crippen molar-refractivity contribution in [1.29, 1.82) is 0 Å². The van der Waals surface area contributed by atoms with Crippen LogP contribution in [0.2, 0.25) is 0 Å². The van der Waals surface area contributed by atoms with E-state index in [1.807, 2.05) is 38.2 Å². The molecule has 0 spiro atoms. The van der Waals surface area contributed by atoms with Crippen LogP contribution in [-0.2, 0) is 11.8 Å². The molecule has 1 saturated heterocycles. The fourth-order valence-corrected chi connectivity index (χ4v) is 3.21. The van der Waals surface area contributed by atoms with Crippen LogP contribution >= 0.6 is 0 Å². The first kappa shape index (κ1) is 15.7. The molecule has 2 heterocycles. The monoisotopic (exact) mass is 313 g/mol. The molecule has 1 aromatic heterocycles. The number of benzene rings is 1. The van der Waals surface area contributed by atoms with Gasteiger partial charge in [0.2, 0.25) is 5.91 Å². The Kier molecular flexibility index (Phi) is 4.45. The maximum absolute atomic E-state index is 12.2. The molecule has 1 amide bonds. The van der Waals surface area contributed by atoms with E-state index in [1.54, 1.807) is 4.68 Å². The van der Waals surface area contributed by atoms with Gasteiger partial charge >= 0.3 is 0 Å². The SMILES string of the molecule is Cc1cc(NC(=O)CN2C[C@@H](N)[C@H](c3ccccc3)C2)n(C)n1. The summed E-state index contributed by atoms with van der Waals surface area (Å²) in [6, 6.07) is 12.2. The van der Waals surface area contributed by atoms with Crippen LogP contribution in [0.1, 0.15) is 17.2 Å². The van der Waals surface area contributed by atoms with Crippen molar-refractivity contribution in [3.05, 3.63) is 47.7 Å². The Morgan fingerprint density at radius 2 is 2.09 bits per heavy atom. The Morgan fingerprint density at radius 3 is 2.74 bits per heavy atom. The molecule has 1 aromatic carbocycles. The number of anilines is 1. The highest BCUT2D eigenvalue weighted by Gasteiger charge is 2.32. The lowest BCUT2D eigenvalue weighted by molar-refractivity contribution is -0.117. The Morgan fingerprint density at radius 1 is 1.35 bits per heavy atom. The summed E-state index contributed by atoms with van der Waals surface area (Å²) in [4.78, 5) is 14.4. The molecule has 0 radical (unpaired) electrons. The Hall–Kier alpha value is -2.18. The number of nitrogens with two attached hydrogens (primary N) is 1. The number of amides is 1. The van der Waals surface area contributed by atoms with Gasteiger partial charge < -0.3 is 11.1 Å². The summed E-state index contributed by atoms with van der Waals surface area (Å²) in [7, 11) is 1.82. The van der Waals surface area contributed by atoms with E-state index in [4.69, 9.17) is 5.73 Å². The van der Waals surface area contributed by atoms with Gasteiger partial charge in [0.05, 0.1) is 12.2 Å². The third-order valence-corrected chi connectivity index (χ3v) is 4.31. The van der Waals surface area contributed by atoms with Crippen molar-refractivity contribution < 1.29 is 4.79 Å². The maximum atomic E-state index is 12.2. The first-order chi connectivity index (χ1) is 11.0. The normalized spacial score (nSPS) is 21.5. The van der Waals surface area contributed by atoms with Crippen LogP contribution < -0.4 is 11.1 Å². The predicted molar refractivity (Wildman–Crippen MR) is 90.2 cm³/mol. The number of aryl methyl sites for hydroxylation is 2. The molecule has 3 rings (SSSR count). The molecule has 122 valence electrons. The lowest BCUT2D eigenvalue weighted by Crippen LogP contribution is -2.34. The van der Waals surface area contributed by atoms with Crippen molar-refractivity contribution in [2.45, 2.75) is 18.9 Å². The van der Waals surface area contributed by atoms with E-state index in [2.05, 4.69) is 27.4 Å². The molecule has 23 heavy (non-hydrogen) atoms. The van der Waals surface area contributed by atoms with Crippen LogP contribution in [0, 0.1) is 6.92 Å². The number of carbonyl (C=O) groups excluding carboxylic acids is 1. The molecule has 0 bridgehead atoms. The minimum Gasteiger partial charge on any atom is -0.326 e. The fraction of sp³-hybridized carbons (Fsp3) is 0.412. The Labute approximate surface area is 136 Å². The number of nitrogens with zero attached hydrogens (tertiary/aromatic N) is 3. The van der Waals surface area contributed by atoms with Gasteiger partial charge in [0.15, 0.2) is 0 Å². The third-order valence-electron chi connectivity index (χ3n) is 4.31. The van der Waals surface area contributed by atoms with Gasteiger partial charge in [0.1, 0.15) is 5.82 Å². The first-order valence-electron chi connectivity index (χ1n) is 7.86. The smallest absolute Gasteiger partial charge is 0.239 e. The highest BCUT2D eigenvalue weighted by Crippen LogP contribution is 2.26. The standard InChI is InChI=1S/C17H23N5O/c1-12-8-16(21(2)20-12)19-17(23)11-22-9-14(15(18)10-22)13-6-4-3-5-7-13/h3-8,14-15H,9-11,18H2,1-2H3,(H,19,23)/t14-,15+/m0/s1. The fourth-order valence-electron chi connectivity index (χ4n) is 3.21. The van der Waals surface area contributed by atoms with Gasteiger partial charge in [-0.25, -0.2) is 0 Å². The zero-order valence-electron chi connectivity index (χ0n) is 13.6. The van der Waals surface area contributed by atoms with Crippen LogP contribution in [-0.4, -0.2) is 46.3 Å². The Balaban J connectivity index is 1.59. The summed E-state index contributed by atoms with van der Waals surface area (Å²) >= 11 is 0. The maximum Gasteiger partial charge on any atom is 0.239 e. The van der Waals surface area contributed by atoms with Crippen LogP contribution in [0.4, 0.5) is 5.82 Å². The predicted octanol–water partition coefficient (Wildman–Crippen LogP) is 1.09. The van der Waals surface area contributed by atoms with E-state index in [0.29, 0.717) is 6.54 Å². The average Bonchev–Trinajstić information content (AvgIpc) is 3.02. The van der Waals surface area contributed by atoms with Crippen LogP contribution in [0.15, 0.2) is 36.4 Å². The largest absolute Gasteiger partial charge is 0.326 e. The van der Waals surface area contributed by atoms with Crippen molar-refractivity contribution in [3.8, 4) is 0 Å². The lowest BCUT2D eigenvalue weighted by Gasteiger charge is -2.15. The molecule has 1 aliphatic rings. The van der Waals surface area contributed by atoms with E-state index in [0.717, 1.165) is 24.6 Å². The molecule has 2 aromatic rings. The second-order valence-corrected chi connectivity index (χ2v) is 6.22. The summed E-state index contributed by atoms with van der Waals surface area (Å²) in [5.74, 6) is 0.965. The number of hydrogen-bond acceptors (Lipinski definition) is 4. The number of likely N-dealkylation sites (tertiary alicyclic amines) is 1. The molecular formula is C17H23N5O. The first-order valence-corrected chi connectivity index (χ1v) is 7.86. The summed E-state index contributed by atoms with van der Waals surface area (Å²) < 4.78 is 1.68. The highest BCUT2D eigenvalue weighted by atomic mass is 16.2. The van der Waals surface area contributed by atoms with Crippen LogP contribution in [0.3, 0.4) is 0 Å². The van der Waals surface area contributed by atoms with E-state index >= 15 is 0 Å². The summed E-state index contributed by atoms with van der Waals surface area (Å²) in [6.45, 7) is 3.79. The van der Waals surface area contributed by atoms with Crippen molar-refractivity contribution in [2.24, 2.45) is 12.8 Å². The molecule has 0 unspecified atom stereocenters. The molecule has 6 heteroatoms. The molecule has 2 atom stereocenters. The van der Waals surface area contributed by atoms with Gasteiger partial charge in [0, 0.05) is 38.2 Å². The summed E-state index contributed by atoms with van der Waals surface area (Å²) in [5, 5.41) is 7.13. The molecule has 1 fully saturated rings. The van der Waals surface area contributed by atoms with Crippen LogP contribution in [0.25, 0.3) is 0 Å². The summed E-state index contributed by atoms with van der Waals surface area (Å²) in [5.41, 5.74) is 8.39. The van der Waals surface area contributed by atoms with E-state index in [-0.39, 0.29) is 17.9 Å². The quantitative estimate of drug-likeness (QED) is 0.886. The van der Waals surface area contributed by atoms with E-state index < -0.39 is 0 Å². The van der Waals surface area contributed by atoms with Crippen molar-refractivity contribution in [2.75, 3.05) is 25.0 Å². The van der Waals surface area contributed by atoms with Crippen molar-refractivity contribution in [1.82, 2.24) is 14.7 Å². The Bertz CT molecular complexity index is 682. The average molecular weight is 313 g/mol. The second kappa shape index (κ2) is 6.52. The number of rotatable bonds is 4. The van der Waals surface area contributed by atoms with Gasteiger partial charge in [-0.05, 0) is 12.5 Å². The topological polar surface area (TPSA) is 76.2 Å². The number of carbonyl (C=O) groups is 1. The van der Waals surface area contributed by atoms with Gasteiger partial charge in [-0.3, -0.25) is 14.4 Å². The molecule has 1 aliphatic heterocycles. The van der Waals surface area contributed by atoms with Crippen molar-refractivity contribution in [3.63, 3.8) is 0 Å². The van der Waals surface area contributed by atoms with Gasteiger partial charge in [-0.15, -0.1) is 0 Å². The molecule has 0 aliphatic carbocycles. The third kappa shape index (κ3) is 3.60. The second-order valence-electron chi connectivity index (χ2n) is 6.22. The number of nitrogens with one attached hydrogen (secondary N) is 1. The summed E-state index contributed by atoms with van der Waals surface area (Å²) in [6.07, 6.45) is 0. The lowest BCUT2D eigenvalue weighted by atomic mass is 9.95. The minimum absolute atomic E-state index is 0.0334. The highest BCUT2D eigenvalue weighted by molar-refractivity contribution is 5.91. The van der Waals surface area contributed by atoms with Crippen LogP contribution in [0.5, 0.6) is 0 Å². The van der Waals surface area contributed by atoms with Gasteiger partial charge in [0.25, 0.3) is 0 Å². The zero-order chi connectivity index (χ0) is 16.4. The zero-order valence-corrected chi connectivity index (χ0v) is 13.6. The molecule has 6 nitrogen and oxygen atoms in total. The minimum atomic E-state index is -0.0334. The number of aromatic nitrogens is 2. The van der Waals surface area contributed by atoms with Gasteiger partial charge in [-0.2, -0.15) is 5.10 Å².